The monoisotopic (exact) mass is 340 g/mol. The Morgan fingerprint density at radius 2 is 2.15 bits per heavy atom. The van der Waals surface area contributed by atoms with E-state index in [2.05, 4.69) is 34.3 Å². The number of hydrogen-bond donors (Lipinski definition) is 0. The van der Waals surface area contributed by atoms with E-state index in [9.17, 15) is 4.79 Å². The van der Waals surface area contributed by atoms with Crippen LogP contribution in [0.1, 0.15) is 56.4 Å². The Kier molecular flexibility index (Phi) is 5.70. The first-order valence-corrected chi connectivity index (χ1v) is 8.60. The number of likely N-dealkylation sites (tertiary alicyclic amines) is 1. The van der Waals surface area contributed by atoms with E-state index in [4.69, 9.17) is 0 Å². The number of rotatable bonds is 4. The molecule has 1 atom stereocenters. The molecule has 1 aliphatic rings. The number of amides is 1. The number of halogens is 1. The zero-order chi connectivity index (χ0) is 14.5. The second-order valence-electron chi connectivity index (χ2n) is 5.73. The number of carbonyl (C=O) groups excluding carboxylic acids is 1. The van der Waals surface area contributed by atoms with Crippen LogP contribution < -0.4 is 0 Å². The van der Waals surface area contributed by atoms with Crippen molar-refractivity contribution < 1.29 is 4.79 Å². The molecule has 1 aromatic rings. The summed E-state index contributed by atoms with van der Waals surface area (Å²) in [5.41, 5.74) is 0.827. The summed E-state index contributed by atoms with van der Waals surface area (Å²) in [4.78, 5) is 14.8. The lowest BCUT2D eigenvalue weighted by Gasteiger charge is -2.21. The summed E-state index contributed by atoms with van der Waals surface area (Å²) in [7, 11) is 0. The average molecular weight is 341 g/mol. The molecule has 0 N–H and O–H groups in total. The van der Waals surface area contributed by atoms with Crippen LogP contribution in [0.5, 0.6) is 0 Å². The van der Waals surface area contributed by atoms with Crippen molar-refractivity contribution in [2.75, 3.05) is 13.1 Å². The number of hydrogen-bond acceptors (Lipinski definition) is 1. The van der Waals surface area contributed by atoms with Gasteiger partial charge in [-0.05, 0) is 53.6 Å². The van der Waals surface area contributed by atoms with Crippen molar-refractivity contribution in [3.05, 3.63) is 22.4 Å². The second-order valence-corrected chi connectivity index (χ2v) is 6.65. The number of nitrogens with zero attached hydrogens (tertiary/aromatic N) is 2. The molecule has 20 heavy (non-hydrogen) atoms. The van der Waals surface area contributed by atoms with Gasteiger partial charge in [-0.25, -0.2) is 0 Å². The zero-order valence-corrected chi connectivity index (χ0v) is 14.2. The highest BCUT2D eigenvalue weighted by Gasteiger charge is 2.23. The van der Waals surface area contributed by atoms with Gasteiger partial charge in [0.25, 0.3) is 5.91 Å². The Morgan fingerprint density at radius 1 is 1.35 bits per heavy atom. The minimum Gasteiger partial charge on any atom is -0.342 e. The van der Waals surface area contributed by atoms with Gasteiger partial charge < -0.3 is 9.47 Å². The molecule has 1 aliphatic heterocycles. The van der Waals surface area contributed by atoms with Crippen molar-refractivity contribution in [3.8, 4) is 0 Å². The predicted molar refractivity (Wildman–Crippen MR) is 86.0 cm³/mol. The molecule has 4 heteroatoms. The molecular weight excluding hydrogens is 316 g/mol. The van der Waals surface area contributed by atoms with E-state index in [1.54, 1.807) is 0 Å². The van der Waals surface area contributed by atoms with Crippen LogP contribution in [0.4, 0.5) is 0 Å². The molecular formula is C16H25BrN2O. The van der Waals surface area contributed by atoms with Gasteiger partial charge in [-0.15, -0.1) is 0 Å². The first-order chi connectivity index (χ1) is 9.65. The molecule has 3 nitrogen and oxygen atoms in total. The van der Waals surface area contributed by atoms with Crippen LogP contribution in [-0.2, 0) is 6.54 Å². The molecule has 0 saturated carbocycles. The van der Waals surface area contributed by atoms with E-state index in [1.165, 1.54) is 12.8 Å². The highest BCUT2D eigenvalue weighted by molar-refractivity contribution is 9.10. The number of aryl methyl sites for hydroxylation is 1. The predicted octanol–water partition coefficient (Wildman–Crippen LogP) is 4.31. The van der Waals surface area contributed by atoms with E-state index in [0.29, 0.717) is 0 Å². The average Bonchev–Trinajstić information content (AvgIpc) is 2.66. The van der Waals surface area contributed by atoms with Crippen molar-refractivity contribution in [1.82, 2.24) is 9.47 Å². The second kappa shape index (κ2) is 7.30. The molecule has 0 bridgehead atoms. The Labute approximate surface area is 130 Å². The molecule has 0 radical (unpaired) electrons. The van der Waals surface area contributed by atoms with E-state index >= 15 is 0 Å². The van der Waals surface area contributed by atoms with Crippen LogP contribution in [0.2, 0.25) is 0 Å². The fraction of sp³-hybridized carbons (Fsp3) is 0.688. The maximum absolute atomic E-state index is 12.7. The summed E-state index contributed by atoms with van der Waals surface area (Å²) in [6, 6.07) is 1.96. The lowest BCUT2D eigenvalue weighted by Crippen LogP contribution is -2.33. The largest absolute Gasteiger partial charge is 0.342 e. The molecule has 0 aromatic carbocycles. The standard InChI is InChI=1S/C16H25BrN2O/c1-3-8-19-12-14(17)11-15(19)16(20)18-9-5-6-13(4-2)7-10-18/h11-13H,3-10H2,1-2H3. The van der Waals surface area contributed by atoms with E-state index in [0.717, 1.165) is 55.0 Å². The van der Waals surface area contributed by atoms with Crippen molar-refractivity contribution in [2.24, 2.45) is 5.92 Å². The van der Waals surface area contributed by atoms with E-state index in [1.807, 2.05) is 17.2 Å². The van der Waals surface area contributed by atoms with Gasteiger partial charge in [0.1, 0.15) is 5.69 Å². The Morgan fingerprint density at radius 3 is 2.85 bits per heavy atom. The molecule has 1 unspecified atom stereocenters. The molecule has 1 saturated heterocycles. The Balaban J connectivity index is 2.10. The minimum absolute atomic E-state index is 0.195. The Bertz CT molecular complexity index is 455. The first kappa shape index (κ1) is 15.6. The van der Waals surface area contributed by atoms with Crippen molar-refractivity contribution in [3.63, 3.8) is 0 Å². The summed E-state index contributed by atoms with van der Waals surface area (Å²) < 4.78 is 3.07. The molecule has 1 fully saturated rings. The Hall–Kier alpha value is -0.770. The minimum atomic E-state index is 0.195. The van der Waals surface area contributed by atoms with E-state index < -0.39 is 0 Å². The number of aromatic nitrogens is 1. The lowest BCUT2D eigenvalue weighted by atomic mass is 9.98. The molecule has 0 spiro atoms. The van der Waals surface area contributed by atoms with Crippen molar-refractivity contribution in [2.45, 2.75) is 52.5 Å². The van der Waals surface area contributed by atoms with Gasteiger partial charge in [0.2, 0.25) is 0 Å². The third kappa shape index (κ3) is 3.66. The zero-order valence-electron chi connectivity index (χ0n) is 12.6. The fourth-order valence-electron chi connectivity index (χ4n) is 3.02. The SMILES string of the molecule is CCCn1cc(Br)cc1C(=O)N1CCCC(CC)CC1. The molecule has 1 amide bonds. The normalized spacial score (nSPS) is 19.9. The van der Waals surface area contributed by atoms with E-state index in [-0.39, 0.29) is 5.91 Å². The van der Waals surface area contributed by atoms with Gasteiger partial charge in [0.15, 0.2) is 0 Å². The summed E-state index contributed by atoms with van der Waals surface area (Å²) in [6.45, 7) is 7.11. The quantitative estimate of drug-likeness (QED) is 0.801. The molecule has 2 heterocycles. The first-order valence-electron chi connectivity index (χ1n) is 7.80. The molecule has 2 rings (SSSR count). The summed E-state index contributed by atoms with van der Waals surface area (Å²) in [5.74, 6) is 0.989. The van der Waals surface area contributed by atoms with Crippen LogP contribution >= 0.6 is 15.9 Å². The highest BCUT2D eigenvalue weighted by Crippen LogP contribution is 2.23. The van der Waals surface area contributed by atoms with Gasteiger partial charge in [-0.1, -0.05) is 20.3 Å². The van der Waals surface area contributed by atoms with Gasteiger partial charge in [-0.3, -0.25) is 4.79 Å². The van der Waals surface area contributed by atoms with Gasteiger partial charge in [0, 0.05) is 30.3 Å². The topological polar surface area (TPSA) is 25.2 Å². The van der Waals surface area contributed by atoms with Crippen LogP contribution in [0.15, 0.2) is 16.7 Å². The fourth-order valence-corrected chi connectivity index (χ4v) is 3.48. The van der Waals surface area contributed by atoms with Gasteiger partial charge in [-0.2, -0.15) is 0 Å². The summed E-state index contributed by atoms with van der Waals surface area (Å²) >= 11 is 3.49. The maximum atomic E-state index is 12.7. The lowest BCUT2D eigenvalue weighted by molar-refractivity contribution is 0.0749. The van der Waals surface area contributed by atoms with Crippen molar-refractivity contribution >= 4 is 21.8 Å². The molecule has 112 valence electrons. The highest BCUT2D eigenvalue weighted by atomic mass is 79.9. The van der Waals surface area contributed by atoms with Crippen LogP contribution in [0, 0.1) is 5.92 Å². The van der Waals surface area contributed by atoms with Crippen LogP contribution in [0.25, 0.3) is 0 Å². The third-order valence-electron chi connectivity index (χ3n) is 4.26. The molecule has 1 aromatic heterocycles. The summed E-state index contributed by atoms with van der Waals surface area (Å²) in [6.07, 6.45) is 7.85. The number of carbonyl (C=O) groups is 1. The maximum Gasteiger partial charge on any atom is 0.270 e. The molecule has 0 aliphatic carbocycles. The smallest absolute Gasteiger partial charge is 0.270 e. The van der Waals surface area contributed by atoms with Gasteiger partial charge >= 0.3 is 0 Å². The van der Waals surface area contributed by atoms with Gasteiger partial charge in [0.05, 0.1) is 0 Å². The summed E-state index contributed by atoms with van der Waals surface area (Å²) in [5, 5.41) is 0. The van der Waals surface area contributed by atoms with Crippen molar-refractivity contribution in [1.29, 1.82) is 0 Å². The van der Waals surface area contributed by atoms with Crippen LogP contribution in [-0.4, -0.2) is 28.5 Å². The third-order valence-corrected chi connectivity index (χ3v) is 4.69. The van der Waals surface area contributed by atoms with Crippen LogP contribution in [0.3, 0.4) is 0 Å².